The molecule has 4 atom stereocenters. The lowest BCUT2D eigenvalue weighted by molar-refractivity contribution is -0.0511. The number of anilines is 1. The fourth-order valence-corrected chi connectivity index (χ4v) is 2.24. The average molecular weight is 364 g/mol. The highest BCUT2D eigenvalue weighted by Crippen LogP contribution is 2.30. The monoisotopic (exact) mass is 364 g/mol. The number of fused-ring (bicyclic) bond motifs is 1. The second kappa shape index (κ2) is 7.46. The van der Waals surface area contributed by atoms with E-state index in [0.29, 0.717) is 0 Å². The van der Waals surface area contributed by atoms with Crippen molar-refractivity contribution in [3.8, 4) is 0 Å². The lowest BCUT2D eigenvalue weighted by Gasteiger charge is -2.16. The maximum absolute atomic E-state index is 11.7. The fourth-order valence-electron chi connectivity index (χ4n) is 2.24. The molecule has 0 saturated carbocycles. The highest BCUT2D eigenvalue weighted by atomic mass is 31.2. The van der Waals surface area contributed by atoms with Crippen LogP contribution in [-0.4, -0.2) is 69.5 Å². The quantitative estimate of drug-likeness (QED) is 0.243. The number of aliphatic hydroxyl groups is 3. The third kappa shape index (κ3) is 3.68. The molecule has 0 aliphatic carbocycles. The first-order valence-electron chi connectivity index (χ1n) is 6.53. The molecule has 0 spiro atoms. The van der Waals surface area contributed by atoms with Gasteiger partial charge in [0.2, 0.25) is 14.5 Å². The van der Waals surface area contributed by atoms with Gasteiger partial charge in [-0.05, 0) is 0 Å². The van der Waals surface area contributed by atoms with Crippen molar-refractivity contribution in [3.63, 3.8) is 0 Å². The van der Waals surface area contributed by atoms with E-state index in [-0.39, 0.29) is 17.1 Å². The Bertz CT molecular complexity index is 748. The molecule has 134 valence electrons. The molecule has 0 radical (unpaired) electrons. The smallest absolute Gasteiger partial charge is 0.280 e. The summed E-state index contributed by atoms with van der Waals surface area (Å²) in [6.45, 7) is -0.447. The molecule has 1 fully saturated rings. The lowest BCUT2D eigenvalue weighted by atomic mass is 10.1. The minimum absolute atomic E-state index is 0.0388. The molecule has 10 N–H and O–H groups in total. The molecule has 2 aromatic heterocycles. The van der Waals surface area contributed by atoms with Crippen LogP contribution in [0.5, 0.6) is 0 Å². The molecule has 1 aliphatic heterocycles. The zero-order valence-electron chi connectivity index (χ0n) is 12.1. The van der Waals surface area contributed by atoms with Crippen LogP contribution in [-0.2, 0) is 4.74 Å². The molecule has 1 aliphatic rings. The van der Waals surface area contributed by atoms with Crippen molar-refractivity contribution in [1.82, 2.24) is 19.5 Å². The van der Waals surface area contributed by atoms with E-state index in [9.17, 15) is 15.0 Å². The summed E-state index contributed by atoms with van der Waals surface area (Å²) >= 11 is 0. The van der Waals surface area contributed by atoms with Crippen molar-refractivity contribution in [1.29, 1.82) is 0 Å². The molecule has 14 heteroatoms. The van der Waals surface area contributed by atoms with Crippen LogP contribution in [0.2, 0.25) is 0 Å². The Balaban J connectivity index is 0.000000471. The van der Waals surface area contributed by atoms with E-state index in [1.165, 1.54) is 10.9 Å². The Hall–Kier alpha value is -1.70. The first-order valence-corrected chi connectivity index (χ1v) is 7.85. The number of nitrogens with zero attached hydrogens (tertiary/aromatic N) is 3. The summed E-state index contributed by atoms with van der Waals surface area (Å²) in [6.07, 6.45) is -3.21. The van der Waals surface area contributed by atoms with Crippen molar-refractivity contribution in [2.75, 3.05) is 12.3 Å². The van der Waals surface area contributed by atoms with Gasteiger partial charge in [0.1, 0.15) is 18.3 Å². The molecule has 0 unspecified atom stereocenters. The van der Waals surface area contributed by atoms with Crippen LogP contribution in [0, 0.1) is 0 Å². The van der Waals surface area contributed by atoms with Crippen LogP contribution in [0.15, 0.2) is 11.1 Å². The number of nitrogen functional groups attached to an aromatic ring is 1. The summed E-state index contributed by atoms with van der Waals surface area (Å²) < 4.78 is 6.64. The van der Waals surface area contributed by atoms with Gasteiger partial charge in [0.15, 0.2) is 17.4 Å². The molecule has 3 rings (SSSR count). The molecule has 13 nitrogen and oxygen atoms in total. The first kappa shape index (κ1) is 18.6. The standard InChI is InChI=1S/C10H13N5O5.H4NO2P/c11-10-13-7-4(8(19)14-10)12-2-15(7)9-6(18)5(17)3(1-16)20-9;1-4(2)3/h2-3,5-6,9,16-18H,1H2,(H3,11,13,14,19);2-3H,1H2/t3-,5-,6-,9-;/m1./s1. The number of hydrogen-bond acceptors (Lipinski definition) is 11. The Morgan fingerprint density at radius 2 is 2.00 bits per heavy atom. The van der Waals surface area contributed by atoms with Gasteiger partial charge in [0.05, 0.1) is 12.9 Å². The summed E-state index contributed by atoms with van der Waals surface area (Å²) in [7, 11) is -2.12. The van der Waals surface area contributed by atoms with Gasteiger partial charge >= 0.3 is 0 Å². The number of aliphatic hydroxyl groups excluding tert-OH is 3. The van der Waals surface area contributed by atoms with Crippen molar-refractivity contribution in [3.05, 3.63) is 16.7 Å². The molecule has 0 amide bonds. The van der Waals surface area contributed by atoms with E-state index in [2.05, 4.69) is 20.5 Å². The minimum Gasteiger partial charge on any atom is -0.394 e. The Morgan fingerprint density at radius 3 is 2.54 bits per heavy atom. The molecule has 2 aromatic rings. The number of rotatable bonds is 2. The van der Waals surface area contributed by atoms with Crippen LogP contribution in [0.3, 0.4) is 0 Å². The predicted octanol–water partition coefficient (Wildman–Crippen LogP) is -3.53. The second-order valence-corrected chi connectivity index (χ2v) is 5.47. The van der Waals surface area contributed by atoms with Crippen molar-refractivity contribution in [2.45, 2.75) is 24.5 Å². The van der Waals surface area contributed by atoms with Gasteiger partial charge in [0, 0.05) is 0 Å². The number of aromatic nitrogens is 4. The van der Waals surface area contributed by atoms with Crippen molar-refractivity contribution >= 4 is 25.6 Å². The number of nitrogens with two attached hydrogens (primary N) is 2. The molecule has 0 bridgehead atoms. The predicted molar refractivity (Wildman–Crippen MR) is 81.1 cm³/mol. The Kier molecular flexibility index (Phi) is 5.79. The van der Waals surface area contributed by atoms with E-state index < -0.39 is 45.2 Å². The number of ether oxygens (including phenoxy) is 1. The lowest BCUT2D eigenvalue weighted by Crippen LogP contribution is -2.33. The van der Waals surface area contributed by atoms with Crippen molar-refractivity contribution < 1.29 is 29.8 Å². The van der Waals surface area contributed by atoms with Crippen LogP contribution >= 0.6 is 8.53 Å². The van der Waals surface area contributed by atoms with Gasteiger partial charge in [0.25, 0.3) is 5.56 Å². The maximum Gasteiger partial charge on any atom is 0.280 e. The zero-order valence-corrected chi connectivity index (χ0v) is 13.0. The number of nitrogens with one attached hydrogen (secondary N) is 1. The second-order valence-electron chi connectivity index (χ2n) is 4.82. The van der Waals surface area contributed by atoms with Gasteiger partial charge in [-0.1, -0.05) is 0 Å². The third-order valence-electron chi connectivity index (χ3n) is 3.24. The van der Waals surface area contributed by atoms with Gasteiger partial charge in [-0.3, -0.25) is 19.8 Å². The number of H-pyrrole nitrogens is 1. The molecule has 0 aromatic carbocycles. The van der Waals surface area contributed by atoms with E-state index in [1.54, 1.807) is 0 Å². The Morgan fingerprint density at radius 1 is 1.38 bits per heavy atom. The number of aromatic amines is 1. The summed E-state index contributed by atoms with van der Waals surface area (Å²) in [4.78, 5) is 36.7. The normalized spacial score (nSPS) is 26.6. The van der Waals surface area contributed by atoms with E-state index in [1.807, 2.05) is 0 Å². The highest BCUT2D eigenvalue weighted by molar-refractivity contribution is 7.42. The summed E-state index contributed by atoms with van der Waals surface area (Å²) in [5.74, 6) is -0.101. The molecule has 24 heavy (non-hydrogen) atoms. The average Bonchev–Trinajstić information content (AvgIpc) is 3.01. The number of hydrogen-bond donors (Lipinski definition) is 8. The third-order valence-corrected chi connectivity index (χ3v) is 3.24. The fraction of sp³-hybridized carbons (Fsp3) is 0.500. The van der Waals surface area contributed by atoms with Crippen LogP contribution in [0.4, 0.5) is 5.95 Å². The topological polar surface area (TPSA) is 226 Å². The first-order chi connectivity index (χ1) is 11.3. The summed E-state index contributed by atoms with van der Waals surface area (Å²) in [5.41, 5.74) is 9.40. The largest absolute Gasteiger partial charge is 0.394 e. The SMILES string of the molecule is NP(O)O.Nc1nc2c(ncn2[C@@H]2O[C@H](CO)[C@@H](O)[C@H]2O)c(=O)[nH]1. The van der Waals surface area contributed by atoms with Crippen molar-refractivity contribution in [2.24, 2.45) is 5.50 Å². The highest BCUT2D eigenvalue weighted by Gasteiger charge is 2.44. The van der Waals surface area contributed by atoms with Crippen LogP contribution in [0.1, 0.15) is 6.23 Å². The van der Waals surface area contributed by atoms with E-state index in [4.69, 9.17) is 25.4 Å². The maximum atomic E-state index is 11.7. The summed E-state index contributed by atoms with van der Waals surface area (Å²) in [5, 5.41) is 28.7. The molecule has 1 saturated heterocycles. The van der Waals surface area contributed by atoms with E-state index in [0.717, 1.165) is 0 Å². The summed E-state index contributed by atoms with van der Waals surface area (Å²) in [6, 6.07) is 0. The molecule has 3 heterocycles. The van der Waals surface area contributed by atoms with Gasteiger partial charge < -0.3 is 35.6 Å². The number of imidazole rings is 1. The minimum atomic E-state index is -2.12. The van der Waals surface area contributed by atoms with Crippen LogP contribution < -0.4 is 16.8 Å². The van der Waals surface area contributed by atoms with Gasteiger partial charge in [-0.2, -0.15) is 4.98 Å². The zero-order chi connectivity index (χ0) is 18.0. The van der Waals surface area contributed by atoms with Gasteiger partial charge in [-0.25, -0.2) is 4.98 Å². The molecular formula is C10H17N6O7P. The van der Waals surface area contributed by atoms with Crippen LogP contribution in [0.25, 0.3) is 11.2 Å². The van der Waals surface area contributed by atoms with Gasteiger partial charge in [-0.15, -0.1) is 0 Å². The molecular weight excluding hydrogens is 347 g/mol. The Labute approximate surface area is 135 Å². The van der Waals surface area contributed by atoms with E-state index >= 15 is 0 Å².